The van der Waals surface area contributed by atoms with Crippen molar-refractivity contribution in [1.82, 2.24) is 0 Å². The number of rotatable bonds is 1. The smallest absolute Gasteiger partial charge is 0.303 e. The molecule has 1 saturated carbocycles. The highest BCUT2D eigenvalue weighted by molar-refractivity contribution is 6.04. The summed E-state index contributed by atoms with van der Waals surface area (Å²) in [6.07, 6.45) is 1.65. The molecule has 2 aliphatic rings. The summed E-state index contributed by atoms with van der Waals surface area (Å²) in [5.74, 6) is -1.43. The molecule has 0 aromatic carbocycles. The predicted octanol–water partition coefficient (Wildman–Crippen LogP) is 1.28. The molecule has 0 aromatic rings. The summed E-state index contributed by atoms with van der Waals surface area (Å²) < 4.78 is 5.18. The standard InChI is InChI=1S/C14H18O5/c1-7-13(19-8(2)15)11(17)5-9-4-10(16)12(18)6-14(7,9)3/h4,6-7,11,13,17-18H,5H2,1-3H3/t7-,11-,13+,14+/m0/s1. The summed E-state index contributed by atoms with van der Waals surface area (Å²) in [6.45, 7) is 5.00. The third-order valence-electron chi connectivity index (χ3n) is 4.24. The molecule has 5 nitrogen and oxygen atoms in total. The lowest BCUT2D eigenvalue weighted by atomic mass is 9.61. The van der Waals surface area contributed by atoms with Gasteiger partial charge >= 0.3 is 5.97 Å². The van der Waals surface area contributed by atoms with Crippen LogP contribution in [0.1, 0.15) is 27.2 Å². The molecule has 2 aliphatic carbocycles. The van der Waals surface area contributed by atoms with E-state index >= 15 is 0 Å². The molecule has 5 heteroatoms. The van der Waals surface area contributed by atoms with Gasteiger partial charge in [0.25, 0.3) is 0 Å². The maximum Gasteiger partial charge on any atom is 0.303 e. The highest BCUT2D eigenvalue weighted by Crippen LogP contribution is 2.49. The molecular weight excluding hydrogens is 248 g/mol. The predicted molar refractivity (Wildman–Crippen MR) is 67.3 cm³/mol. The number of ether oxygens (including phenoxy) is 1. The molecule has 0 aliphatic heterocycles. The van der Waals surface area contributed by atoms with Gasteiger partial charge in [0.2, 0.25) is 5.78 Å². The molecular formula is C14H18O5. The Kier molecular flexibility index (Phi) is 3.26. The topological polar surface area (TPSA) is 83.8 Å². The third-order valence-corrected chi connectivity index (χ3v) is 4.24. The fraction of sp³-hybridized carbons (Fsp3) is 0.571. The van der Waals surface area contributed by atoms with Gasteiger partial charge in [0, 0.05) is 18.3 Å². The van der Waals surface area contributed by atoms with E-state index in [-0.39, 0.29) is 18.1 Å². The van der Waals surface area contributed by atoms with Gasteiger partial charge in [-0.05, 0) is 18.6 Å². The third kappa shape index (κ3) is 2.18. The highest BCUT2D eigenvalue weighted by Gasteiger charge is 2.49. The molecule has 0 unspecified atom stereocenters. The second kappa shape index (κ2) is 4.49. The SMILES string of the molecule is CC(=O)O[C@H]1[C@@H](O)CC2=CC(=O)C(O)=C[C@]2(C)[C@H]1C. The van der Waals surface area contributed by atoms with E-state index in [0.717, 1.165) is 5.57 Å². The van der Waals surface area contributed by atoms with Crippen LogP contribution in [0.15, 0.2) is 23.5 Å². The Labute approximate surface area is 111 Å². The van der Waals surface area contributed by atoms with E-state index in [1.807, 2.05) is 13.8 Å². The first-order valence-corrected chi connectivity index (χ1v) is 6.28. The van der Waals surface area contributed by atoms with Crippen LogP contribution in [0.5, 0.6) is 0 Å². The molecule has 0 heterocycles. The van der Waals surface area contributed by atoms with Crippen LogP contribution in [0, 0.1) is 11.3 Å². The Balaban J connectivity index is 2.39. The number of carbonyl (C=O) groups excluding carboxylic acids is 2. The van der Waals surface area contributed by atoms with Crippen molar-refractivity contribution in [3.8, 4) is 0 Å². The van der Waals surface area contributed by atoms with Gasteiger partial charge in [-0.1, -0.05) is 19.4 Å². The van der Waals surface area contributed by atoms with Crippen LogP contribution in [-0.2, 0) is 14.3 Å². The van der Waals surface area contributed by atoms with Gasteiger partial charge in [0.15, 0.2) is 5.76 Å². The summed E-state index contributed by atoms with van der Waals surface area (Å²) in [6, 6.07) is 0. The molecule has 2 N–H and O–H groups in total. The normalized spacial score (nSPS) is 38.1. The summed E-state index contributed by atoms with van der Waals surface area (Å²) in [5, 5.41) is 19.7. The number of hydrogen-bond acceptors (Lipinski definition) is 5. The zero-order valence-electron chi connectivity index (χ0n) is 11.2. The van der Waals surface area contributed by atoms with Crippen LogP contribution in [0.4, 0.5) is 0 Å². The van der Waals surface area contributed by atoms with Crippen LogP contribution < -0.4 is 0 Å². The first-order chi connectivity index (χ1) is 8.75. The number of allylic oxidation sites excluding steroid dienone is 2. The van der Waals surface area contributed by atoms with E-state index in [4.69, 9.17) is 4.74 Å². The number of fused-ring (bicyclic) bond motifs is 1. The van der Waals surface area contributed by atoms with Crippen LogP contribution in [0.2, 0.25) is 0 Å². The number of aliphatic hydroxyl groups is 2. The van der Waals surface area contributed by atoms with Gasteiger partial charge in [-0.15, -0.1) is 0 Å². The zero-order chi connectivity index (χ0) is 14.4. The molecule has 0 saturated heterocycles. The first-order valence-electron chi connectivity index (χ1n) is 6.28. The summed E-state index contributed by atoms with van der Waals surface area (Å²) in [7, 11) is 0. The molecule has 0 bridgehead atoms. The Hall–Kier alpha value is -1.62. The van der Waals surface area contributed by atoms with Gasteiger partial charge in [-0.3, -0.25) is 9.59 Å². The molecule has 104 valence electrons. The summed E-state index contributed by atoms with van der Waals surface area (Å²) in [5.41, 5.74) is 0.177. The lowest BCUT2D eigenvalue weighted by Gasteiger charge is -2.47. The van der Waals surface area contributed by atoms with Crippen molar-refractivity contribution in [2.24, 2.45) is 11.3 Å². The minimum absolute atomic E-state index is 0.235. The molecule has 0 amide bonds. The summed E-state index contributed by atoms with van der Waals surface area (Å²) >= 11 is 0. The quantitative estimate of drug-likeness (QED) is 0.698. The van der Waals surface area contributed by atoms with Gasteiger partial charge < -0.3 is 14.9 Å². The van der Waals surface area contributed by atoms with Crippen LogP contribution in [0.3, 0.4) is 0 Å². The summed E-state index contributed by atoms with van der Waals surface area (Å²) in [4.78, 5) is 22.6. The molecule has 19 heavy (non-hydrogen) atoms. The number of carbonyl (C=O) groups is 2. The van der Waals surface area contributed by atoms with Crippen molar-refractivity contribution in [2.45, 2.75) is 39.4 Å². The fourth-order valence-electron chi connectivity index (χ4n) is 2.93. The van der Waals surface area contributed by atoms with E-state index < -0.39 is 29.4 Å². The van der Waals surface area contributed by atoms with Gasteiger partial charge in [0.1, 0.15) is 6.10 Å². The molecule has 1 fully saturated rings. The van der Waals surface area contributed by atoms with Crippen LogP contribution in [-0.4, -0.2) is 34.2 Å². The van der Waals surface area contributed by atoms with E-state index in [1.54, 1.807) is 0 Å². The number of hydrogen-bond donors (Lipinski definition) is 2. The van der Waals surface area contributed by atoms with Crippen molar-refractivity contribution in [1.29, 1.82) is 0 Å². The number of aliphatic hydroxyl groups excluding tert-OH is 2. The maximum absolute atomic E-state index is 11.5. The zero-order valence-corrected chi connectivity index (χ0v) is 11.2. The van der Waals surface area contributed by atoms with Crippen molar-refractivity contribution in [3.05, 3.63) is 23.5 Å². The maximum atomic E-state index is 11.5. The van der Waals surface area contributed by atoms with Gasteiger partial charge in [0.05, 0.1) is 6.10 Å². The van der Waals surface area contributed by atoms with Crippen molar-refractivity contribution in [2.75, 3.05) is 0 Å². The Morgan fingerprint density at radius 2 is 2.16 bits per heavy atom. The minimum Gasteiger partial charge on any atom is -0.504 e. The van der Waals surface area contributed by atoms with Crippen molar-refractivity contribution >= 4 is 11.8 Å². The highest BCUT2D eigenvalue weighted by atomic mass is 16.6. The largest absolute Gasteiger partial charge is 0.504 e. The van der Waals surface area contributed by atoms with Crippen LogP contribution in [0.25, 0.3) is 0 Å². The lowest BCUT2D eigenvalue weighted by Crippen LogP contribution is -2.50. The number of ketones is 1. The molecule has 2 rings (SSSR count). The molecule has 0 radical (unpaired) electrons. The molecule has 4 atom stereocenters. The van der Waals surface area contributed by atoms with Crippen LogP contribution >= 0.6 is 0 Å². The Bertz CT molecular complexity index is 490. The Morgan fingerprint density at radius 1 is 1.53 bits per heavy atom. The minimum atomic E-state index is -0.834. The average molecular weight is 266 g/mol. The second-order valence-corrected chi connectivity index (χ2v) is 5.48. The molecule has 0 aromatic heterocycles. The van der Waals surface area contributed by atoms with E-state index in [1.165, 1.54) is 19.1 Å². The van der Waals surface area contributed by atoms with Crippen molar-refractivity contribution < 1.29 is 24.5 Å². The first kappa shape index (κ1) is 13.8. The molecule has 0 spiro atoms. The van der Waals surface area contributed by atoms with E-state index in [2.05, 4.69) is 0 Å². The lowest BCUT2D eigenvalue weighted by molar-refractivity contribution is -0.162. The van der Waals surface area contributed by atoms with Crippen molar-refractivity contribution in [3.63, 3.8) is 0 Å². The van der Waals surface area contributed by atoms with E-state index in [0.29, 0.717) is 0 Å². The van der Waals surface area contributed by atoms with Gasteiger partial charge in [-0.2, -0.15) is 0 Å². The average Bonchev–Trinajstić information content (AvgIpc) is 2.30. The monoisotopic (exact) mass is 266 g/mol. The Morgan fingerprint density at radius 3 is 2.74 bits per heavy atom. The number of esters is 1. The van der Waals surface area contributed by atoms with Gasteiger partial charge in [-0.25, -0.2) is 0 Å². The second-order valence-electron chi connectivity index (χ2n) is 5.48. The van der Waals surface area contributed by atoms with E-state index in [9.17, 15) is 19.8 Å². The fourth-order valence-corrected chi connectivity index (χ4v) is 2.93.